The van der Waals surface area contributed by atoms with E-state index in [9.17, 15) is 4.79 Å². The highest BCUT2D eigenvalue weighted by molar-refractivity contribution is 5.94. The number of carbonyl (C=O) groups excluding carboxylic acids is 1. The van der Waals surface area contributed by atoms with Gasteiger partial charge in [0.25, 0.3) is 5.91 Å². The SMILES string of the molecule is COc1ccccc1OCCNC(=O)c1ccc(-c2ccccc2)cc1. The number of rotatable bonds is 7. The van der Waals surface area contributed by atoms with Crippen molar-refractivity contribution in [3.8, 4) is 22.6 Å². The van der Waals surface area contributed by atoms with Gasteiger partial charge in [-0.3, -0.25) is 4.79 Å². The van der Waals surface area contributed by atoms with Gasteiger partial charge in [0.2, 0.25) is 0 Å². The van der Waals surface area contributed by atoms with Crippen LogP contribution < -0.4 is 14.8 Å². The van der Waals surface area contributed by atoms with Crippen LogP contribution in [0.1, 0.15) is 10.4 Å². The molecule has 0 radical (unpaired) electrons. The number of nitrogens with one attached hydrogen (secondary N) is 1. The topological polar surface area (TPSA) is 47.6 Å². The zero-order chi connectivity index (χ0) is 18.2. The number of benzene rings is 3. The first kappa shape index (κ1) is 17.5. The summed E-state index contributed by atoms with van der Waals surface area (Å²) in [6.45, 7) is 0.783. The average Bonchev–Trinajstić information content (AvgIpc) is 2.72. The van der Waals surface area contributed by atoms with E-state index >= 15 is 0 Å². The Labute approximate surface area is 153 Å². The molecular weight excluding hydrogens is 326 g/mol. The second-order valence-corrected chi connectivity index (χ2v) is 5.70. The lowest BCUT2D eigenvalue weighted by molar-refractivity contribution is 0.0947. The highest BCUT2D eigenvalue weighted by Gasteiger charge is 2.06. The van der Waals surface area contributed by atoms with Crippen LogP contribution in [0.25, 0.3) is 11.1 Å². The van der Waals surface area contributed by atoms with Gasteiger partial charge in [0.05, 0.1) is 13.7 Å². The maximum absolute atomic E-state index is 12.2. The molecule has 3 aromatic rings. The van der Waals surface area contributed by atoms with Gasteiger partial charge in [-0.15, -0.1) is 0 Å². The fourth-order valence-electron chi connectivity index (χ4n) is 2.61. The van der Waals surface area contributed by atoms with E-state index in [0.717, 1.165) is 11.1 Å². The van der Waals surface area contributed by atoms with E-state index in [1.54, 1.807) is 7.11 Å². The highest BCUT2D eigenvalue weighted by Crippen LogP contribution is 2.25. The number of hydrogen-bond acceptors (Lipinski definition) is 3. The molecule has 0 atom stereocenters. The smallest absolute Gasteiger partial charge is 0.251 e. The summed E-state index contributed by atoms with van der Waals surface area (Å²) in [6, 6.07) is 25.1. The predicted molar refractivity (Wildman–Crippen MR) is 103 cm³/mol. The molecule has 0 bridgehead atoms. The minimum Gasteiger partial charge on any atom is -0.493 e. The van der Waals surface area contributed by atoms with Crippen LogP contribution in [-0.4, -0.2) is 26.2 Å². The minimum atomic E-state index is -0.117. The maximum atomic E-state index is 12.2. The number of amides is 1. The van der Waals surface area contributed by atoms with Crippen LogP contribution in [0.5, 0.6) is 11.5 Å². The van der Waals surface area contributed by atoms with E-state index in [1.807, 2.05) is 78.9 Å². The van der Waals surface area contributed by atoms with Gasteiger partial charge in [-0.05, 0) is 35.4 Å². The molecular formula is C22H21NO3. The lowest BCUT2D eigenvalue weighted by Gasteiger charge is -2.11. The lowest BCUT2D eigenvalue weighted by atomic mass is 10.0. The molecule has 0 heterocycles. The van der Waals surface area contributed by atoms with E-state index in [2.05, 4.69) is 5.32 Å². The monoisotopic (exact) mass is 347 g/mol. The summed E-state index contributed by atoms with van der Waals surface area (Å²) in [6.07, 6.45) is 0. The molecule has 1 N–H and O–H groups in total. The number of para-hydroxylation sites is 2. The molecule has 4 nitrogen and oxygen atoms in total. The summed E-state index contributed by atoms with van der Waals surface area (Å²) in [7, 11) is 1.60. The molecule has 1 amide bonds. The fraction of sp³-hybridized carbons (Fsp3) is 0.136. The van der Waals surface area contributed by atoms with Crippen LogP contribution in [0.2, 0.25) is 0 Å². The Bertz CT molecular complexity index is 845. The summed E-state index contributed by atoms with van der Waals surface area (Å²) in [4.78, 5) is 12.2. The Morgan fingerprint density at radius 1 is 0.808 bits per heavy atom. The van der Waals surface area contributed by atoms with Crippen LogP contribution in [0, 0.1) is 0 Å². The summed E-state index contributed by atoms with van der Waals surface area (Å²) >= 11 is 0. The average molecular weight is 347 g/mol. The zero-order valence-electron chi connectivity index (χ0n) is 14.6. The first-order valence-corrected chi connectivity index (χ1v) is 8.47. The maximum Gasteiger partial charge on any atom is 0.251 e. The van der Waals surface area contributed by atoms with Crippen molar-refractivity contribution < 1.29 is 14.3 Å². The van der Waals surface area contributed by atoms with Crippen molar-refractivity contribution in [2.45, 2.75) is 0 Å². The molecule has 3 rings (SSSR count). The van der Waals surface area contributed by atoms with Crippen molar-refractivity contribution in [2.24, 2.45) is 0 Å². The van der Waals surface area contributed by atoms with E-state index in [-0.39, 0.29) is 5.91 Å². The van der Waals surface area contributed by atoms with Gasteiger partial charge < -0.3 is 14.8 Å². The van der Waals surface area contributed by atoms with Crippen molar-refractivity contribution in [3.05, 3.63) is 84.4 Å². The molecule has 0 aliphatic heterocycles. The number of hydrogen-bond donors (Lipinski definition) is 1. The van der Waals surface area contributed by atoms with Crippen molar-refractivity contribution in [2.75, 3.05) is 20.3 Å². The molecule has 26 heavy (non-hydrogen) atoms. The standard InChI is InChI=1S/C22H21NO3/c1-25-20-9-5-6-10-21(20)26-16-15-23-22(24)19-13-11-18(12-14-19)17-7-3-2-4-8-17/h2-14H,15-16H2,1H3,(H,23,24). The summed E-state index contributed by atoms with van der Waals surface area (Å²) in [5.41, 5.74) is 2.84. The van der Waals surface area contributed by atoms with Gasteiger partial charge in [-0.2, -0.15) is 0 Å². The summed E-state index contributed by atoms with van der Waals surface area (Å²) in [5.74, 6) is 1.22. The second-order valence-electron chi connectivity index (χ2n) is 5.70. The molecule has 0 fully saturated rings. The van der Waals surface area contributed by atoms with Crippen molar-refractivity contribution in [1.82, 2.24) is 5.32 Å². The van der Waals surface area contributed by atoms with Crippen LogP contribution in [-0.2, 0) is 0 Å². The van der Waals surface area contributed by atoms with E-state index in [1.165, 1.54) is 0 Å². The molecule has 3 aromatic carbocycles. The molecule has 0 spiro atoms. The van der Waals surface area contributed by atoms with E-state index in [0.29, 0.717) is 30.2 Å². The summed E-state index contributed by atoms with van der Waals surface area (Å²) in [5, 5.41) is 2.86. The highest BCUT2D eigenvalue weighted by atomic mass is 16.5. The van der Waals surface area contributed by atoms with E-state index < -0.39 is 0 Å². The van der Waals surface area contributed by atoms with Gasteiger partial charge in [-0.25, -0.2) is 0 Å². The normalized spacial score (nSPS) is 10.2. The Balaban J connectivity index is 1.51. The van der Waals surface area contributed by atoms with Gasteiger partial charge in [0, 0.05) is 5.56 Å². The molecule has 0 aliphatic rings. The first-order valence-electron chi connectivity index (χ1n) is 8.47. The first-order chi connectivity index (χ1) is 12.8. The van der Waals surface area contributed by atoms with E-state index in [4.69, 9.17) is 9.47 Å². The molecule has 0 aliphatic carbocycles. The number of carbonyl (C=O) groups is 1. The van der Waals surface area contributed by atoms with Crippen LogP contribution in [0.15, 0.2) is 78.9 Å². The molecule has 132 valence electrons. The molecule has 0 saturated heterocycles. The lowest BCUT2D eigenvalue weighted by Crippen LogP contribution is -2.28. The fourth-order valence-corrected chi connectivity index (χ4v) is 2.61. The molecule has 0 saturated carbocycles. The van der Waals surface area contributed by atoms with Gasteiger partial charge in [-0.1, -0.05) is 54.6 Å². The Morgan fingerprint density at radius 3 is 2.12 bits per heavy atom. The summed E-state index contributed by atoms with van der Waals surface area (Å²) < 4.78 is 10.9. The van der Waals surface area contributed by atoms with Crippen molar-refractivity contribution in [1.29, 1.82) is 0 Å². The number of methoxy groups -OCH3 is 1. The third-order valence-electron chi connectivity index (χ3n) is 3.97. The molecule has 0 unspecified atom stereocenters. The van der Waals surface area contributed by atoms with Crippen LogP contribution in [0.3, 0.4) is 0 Å². The largest absolute Gasteiger partial charge is 0.493 e. The Hall–Kier alpha value is -3.27. The van der Waals surface area contributed by atoms with Gasteiger partial charge in [0.1, 0.15) is 6.61 Å². The zero-order valence-corrected chi connectivity index (χ0v) is 14.6. The van der Waals surface area contributed by atoms with Gasteiger partial charge >= 0.3 is 0 Å². The Morgan fingerprint density at radius 2 is 1.42 bits per heavy atom. The third-order valence-corrected chi connectivity index (χ3v) is 3.97. The Kier molecular flexibility index (Phi) is 5.88. The quantitative estimate of drug-likeness (QED) is 0.653. The second kappa shape index (κ2) is 8.72. The number of ether oxygens (including phenoxy) is 2. The van der Waals surface area contributed by atoms with Gasteiger partial charge in [0.15, 0.2) is 11.5 Å². The molecule has 4 heteroatoms. The van der Waals surface area contributed by atoms with Crippen molar-refractivity contribution >= 4 is 5.91 Å². The van der Waals surface area contributed by atoms with Crippen LogP contribution >= 0.6 is 0 Å². The van der Waals surface area contributed by atoms with Crippen molar-refractivity contribution in [3.63, 3.8) is 0 Å². The third kappa shape index (κ3) is 4.42. The minimum absolute atomic E-state index is 0.117. The molecule has 0 aromatic heterocycles. The van der Waals surface area contributed by atoms with Crippen LogP contribution in [0.4, 0.5) is 0 Å². The predicted octanol–water partition coefficient (Wildman–Crippen LogP) is 4.17.